The number of hydrogen-bond acceptors (Lipinski definition) is 5. The number of anilines is 1. The van der Waals surface area contributed by atoms with Crippen LogP contribution in [0.5, 0.6) is 0 Å². The molecular formula is C16H19N5S. The lowest BCUT2D eigenvalue weighted by Gasteiger charge is -2.18. The molecule has 0 atom stereocenters. The highest BCUT2D eigenvalue weighted by atomic mass is 32.2. The molecule has 3 rings (SSSR count). The number of rotatable bonds is 4. The molecule has 0 fully saturated rings. The van der Waals surface area contributed by atoms with E-state index < -0.39 is 0 Å². The zero-order chi connectivity index (χ0) is 15.7. The van der Waals surface area contributed by atoms with Crippen LogP contribution >= 0.6 is 11.8 Å². The van der Waals surface area contributed by atoms with Crippen LogP contribution in [0.2, 0.25) is 0 Å². The van der Waals surface area contributed by atoms with E-state index in [0.717, 1.165) is 17.9 Å². The van der Waals surface area contributed by atoms with Gasteiger partial charge in [0, 0.05) is 31.0 Å². The van der Waals surface area contributed by atoms with Crippen LogP contribution in [0.3, 0.4) is 0 Å². The molecule has 3 aromatic rings. The predicted octanol–water partition coefficient (Wildman–Crippen LogP) is 2.81. The highest BCUT2D eigenvalue weighted by Crippen LogP contribution is 2.24. The van der Waals surface area contributed by atoms with Crippen molar-refractivity contribution in [2.75, 3.05) is 25.3 Å². The fourth-order valence-electron chi connectivity index (χ4n) is 2.52. The number of aromatic nitrogens is 4. The number of thioether (sulfide) groups is 1. The number of benzene rings is 1. The Morgan fingerprint density at radius 1 is 1.18 bits per heavy atom. The SMILES string of the molecule is CSc1ccc(Cc2c(N(C)C)nc3ncnn3c2C)cc1. The third-order valence-corrected chi connectivity index (χ3v) is 4.47. The second kappa shape index (κ2) is 5.96. The van der Waals surface area contributed by atoms with Crippen molar-refractivity contribution in [3.63, 3.8) is 0 Å². The minimum Gasteiger partial charge on any atom is -0.362 e. The molecule has 114 valence electrons. The molecule has 0 N–H and O–H groups in total. The van der Waals surface area contributed by atoms with Gasteiger partial charge in [-0.2, -0.15) is 15.1 Å². The van der Waals surface area contributed by atoms with E-state index in [1.54, 1.807) is 22.6 Å². The summed E-state index contributed by atoms with van der Waals surface area (Å²) in [5.41, 5.74) is 3.53. The van der Waals surface area contributed by atoms with Gasteiger partial charge in [0.05, 0.1) is 5.69 Å². The third kappa shape index (κ3) is 2.66. The van der Waals surface area contributed by atoms with Gasteiger partial charge < -0.3 is 4.90 Å². The maximum atomic E-state index is 4.64. The molecule has 0 saturated carbocycles. The fourth-order valence-corrected chi connectivity index (χ4v) is 2.93. The van der Waals surface area contributed by atoms with Crippen LogP contribution in [0.15, 0.2) is 35.5 Å². The molecule has 0 aliphatic rings. The van der Waals surface area contributed by atoms with E-state index in [0.29, 0.717) is 5.78 Å². The maximum Gasteiger partial charge on any atom is 0.254 e. The van der Waals surface area contributed by atoms with Gasteiger partial charge in [0.1, 0.15) is 12.1 Å². The van der Waals surface area contributed by atoms with Gasteiger partial charge in [0.25, 0.3) is 5.78 Å². The van der Waals surface area contributed by atoms with E-state index >= 15 is 0 Å². The van der Waals surface area contributed by atoms with Gasteiger partial charge in [0.2, 0.25) is 0 Å². The predicted molar refractivity (Wildman–Crippen MR) is 90.9 cm³/mol. The topological polar surface area (TPSA) is 46.3 Å². The Labute approximate surface area is 134 Å². The first-order chi connectivity index (χ1) is 10.6. The van der Waals surface area contributed by atoms with Gasteiger partial charge in [-0.1, -0.05) is 12.1 Å². The van der Waals surface area contributed by atoms with Gasteiger partial charge in [0.15, 0.2) is 0 Å². The monoisotopic (exact) mass is 313 g/mol. The normalized spacial score (nSPS) is 11.1. The van der Waals surface area contributed by atoms with Gasteiger partial charge in [-0.05, 0) is 30.9 Å². The fraction of sp³-hybridized carbons (Fsp3) is 0.312. The minimum atomic E-state index is 0.641. The first kappa shape index (κ1) is 14.8. The Bertz CT molecular complexity index is 792. The summed E-state index contributed by atoms with van der Waals surface area (Å²) < 4.78 is 1.80. The summed E-state index contributed by atoms with van der Waals surface area (Å²) in [6.07, 6.45) is 4.47. The molecule has 0 amide bonds. The molecule has 22 heavy (non-hydrogen) atoms. The highest BCUT2D eigenvalue weighted by molar-refractivity contribution is 7.98. The lowest BCUT2D eigenvalue weighted by molar-refractivity contribution is 0.858. The first-order valence-electron chi connectivity index (χ1n) is 7.09. The molecule has 2 aromatic heterocycles. The number of hydrogen-bond donors (Lipinski definition) is 0. The second-order valence-electron chi connectivity index (χ2n) is 5.39. The molecule has 0 spiro atoms. The summed E-state index contributed by atoms with van der Waals surface area (Å²) in [6.45, 7) is 2.07. The van der Waals surface area contributed by atoms with Gasteiger partial charge in [-0.3, -0.25) is 0 Å². The second-order valence-corrected chi connectivity index (χ2v) is 6.27. The van der Waals surface area contributed by atoms with Crippen molar-refractivity contribution in [1.29, 1.82) is 0 Å². The van der Waals surface area contributed by atoms with Gasteiger partial charge in [-0.25, -0.2) is 4.52 Å². The van der Waals surface area contributed by atoms with Crippen molar-refractivity contribution in [2.24, 2.45) is 0 Å². The molecule has 1 aromatic carbocycles. The molecule has 2 heterocycles. The molecule has 0 aliphatic heterocycles. The van der Waals surface area contributed by atoms with Crippen molar-refractivity contribution >= 4 is 23.4 Å². The van der Waals surface area contributed by atoms with E-state index in [1.165, 1.54) is 16.0 Å². The average Bonchev–Trinajstić information content (AvgIpc) is 2.99. The largest absolute Gasteiger partial charge is 0.362 e. The molecule has 0 aliphatic carbocycles. The van der Waals surface area contributed by atoms with Crippen LogP contribution < -0.4 is 4.90 Å². The van der Waals surface area contributed by atoms with E-state index in [9.17, 15) is 0 Å². The third-order valence-electron chi connectivity index (χ3n) is 3.72. The number of fused-ring (bicyclic) bond motifs is 1. The summed E-state index contributed by atoms with van der Waals surface area (Å²) >= 11 is 1.76. The number of aryl methyl sites for hydroxylation is 1. The Balaban J connectivity index is 2.07. The van der Waals surface area contributed by atoms with Crippen LogP contribution in [0, 0.1) is 6.92 Å². The van der Waals surface area contributed by atoms with Crippen molar-refractivity contribution in [2.45, 2.75) is 18.2 Å². The van der Waals surface area contributed by atoms with Crippen LogP contribution in [0.25, 0.3) is 5.78 Å². The van der Waals surface area contributed by atoms with Crippen LogP contribution in [-0.2, 0) is 6.42 Å². The van der Waals surface area contributed by atoms with Gasteiger partial charge >= 0.3 is 0 Å². The smallest absolute Gasteiger partial charge is 0.254 e. The van der Waals surface area contributed by atoms with E-state index in [1.807, 2.05) is 19.0 Å². The van der Waals surface area contributed by atoms with Gasteiger partial charge in [-0.15, -0.1) is 11.8 Å². The lowest BCUT2D eigenvalue weighted by atomic mass is 10.0. The minimum absolute atomic E-state index is 0.641. The Morgan fingerprint density at radius 2 is 1.91 bits per heavy atom. The summed E-state index contributed by atoms with van der Waals surface area (Å²) in [5, 5.41) is 4.27. The molecule has 0 saturated heterocycles. The zero-order valence-corrected chi connectivity index (χ0v) is 14.1. The lowest BCUT2D eigenvalue weighted by Crippen LogP contribution is -2.17. The Morgan fingerprint density at radius 3 is 2.55 bits per heavy atom. The summed E-state index contributed by atoms with van der Waals surface area (Å²) in [4.78, 5) is 12.2. The van der Waals surface area contributed by atoms with E-state index in [4.69, 9.17) is 0 Å². The summed E-state index contributed by atoms with van der Waals surface area (Å²) in [7, 11) is 4.02. The molecule has 5 nitrogen and oxygen atoms in total. The molecular weight excluding hydrogens is 294 g/mol. The average molecular weight is 313 g/mol. The van der Waals surface area contributed by atoms with Crippen LogP contribution in [-0.4, -0.2) is 39.9 Å². The molecule has 0 unspecified atom stereocenters. The van der Waals surface area contributed by atoms with Crippen LogP contribution in [0.1, 0.15) is 16.8 Å². The first-order valence-corrected chi connectivity index (χ1v) is 8.32. The maximum absolute atomic E-state index is 4.64. The van der Waals surface area contributed by atoms with Crippen molar-refractivity contribution in [1.82, 2.24) is 19.6 Å². The number of nitrogens with zero attached hydrogens (tertiary/aromatic N) is 5. The molecule has 0 radical (unpaired) electrons. The van der Waals surface area contributed by atoms with Crippen molar-refractivity contribution in [3.8, 4) is 0 Å². The van der Waals surface area contributed by atoms with E-state index in [-0.39, 0.29) is 0 Å². The Hall–Kier alpha value is -2.08. The highest BCUT2D eigenvalue weighted by Gasteiger charge is 2.15. The quantitative estimate of drug-likeness (QED) is 0.693. The van der Waals surface area contributed by atoms with E-state index in [2.05, 4.69) is 52.5 Å². The Kier molecular flexibility index (Phi) is 4.02. The summed E-state index contributed by atoms with van der Waals surface area (Å²) in [5.74, 6) is 1.59. The molecule has 6 heteroatoms. The van der Waals surface area contributed by atoms with Crippen molar-refractivity contribution < 1.29 is 0 Å². The molecule has 0 bridgehead atoms. The van der Waals surface area contributed by atoms with Crippen LogP contribution in [0.4, 0.5) is 5.82 Å². The standard InChI is InChI=1S/C16H19N5S/c1-11-14(9-12-5-7-13(22-4)8-6-12)15(20(2)3)19-16-17-10-18-21(11)16/h5-8,10H,9H2,1-4H3. The zero-order valence-electron chi connectivity index (χ0n) is 13.2. The van der Waals surface area contributed by atoms with Crippen molar-refractivity contribution in [3.05, 3.63) is 47.4 Å². The summed E-state index contributed by atoms with van der Waals surface area (Å²) in [6, 6.07) is 8.67.